The van der Waals surface area contributed by atoms with Crippen LogP contribution in [0.25, 0.3) is 0 Å². The van der Waals surface area contributed by atoms with E-state index in [1.54, 1.807) is 42.5 Å². The van der Waals surface area contributed by atoms with Gasteiger partial charge >= 0.3 is 5.97 Å². The van der Waals surface area contributed by atoms with Crippen LogP contribution < -0.4 is 16.4 Å². The molecule has 0 fully saturated rings. The average Bonchev–Trinajstić information content (AvgIpc) is 2.64. The van der Waals surface area contributed by atoms with Crippen molar-refractivity contribution in [3.8, 4) is 0 Å². The van der Waals surface area contributed by atoms with Crippen LogP contribution in [0.3, 0.4) is 0 Å². The fourth-order valence-corrected chi connectivity index (χ4v) is 2.89. The molecule has 3 rings (SSSR count). The van der Waals surface area contributed by atoms with Crippen molar-refractivity contribution in [1.82, 2.24) is 9.97 Å². The van der Waals surface area contributed by atoms with Crippen molar-refractivity contribution in [3.63, 3.8) is 0 Å². The largest absolute Gasteiger partial charge is 0.465 e. The Morgan fingerprint density at radius 2 is 1.67 bits per heavy atom. The molecule has 0 bridgehead atoms. The van der Waals surface area contributed by atoms with Crippen LogP contribution in [0.1, 0.15) is 10.4 Å². The van der Waals surface area contributed by atoms with E-state index in [-0.39, 0.29) is 5.69 Å². The molecule has 138 valence electrons. The molecule has 0 aliphatic heterocycles. The van der Waals surface area contributed by atoms with Gasteiger partial charge in [0.05, 0.1) is 18.4 Å². The first kappa shape index (κ1) is 18.8. The fraction of sp³-hybridized carbons (Fsp3) is 0.0556. The first-order chi connectivity index (χ1) is 13.0. The van der Waals surface area contributed by atoms with Crippen LogP contribution >= 0.6 is 23.2 Å². The molecule has 1 heterocycles. The zero-order valence-corrected chi connectivity index (χ0v) is 15.7. The van der Waals surface area contributed by atoms with Gasteiger partial charge in [-0.2, -0.15) is 0 Å². The minimum atomic E-state index is -0.474. The highest BCUT2D eigenvalue weighted by Crippen LogP contribution is 2.31. The summed E-state index contributed by atoms with van der Waals surface area (Å²) in [6, 6.07) is 11.9. The first-order valence-electron chi connectivity index (χ1n) is 7.76. The van der Waals surface area contributed by atoms with Gasteiger partial charge < -0.3 is 21.1 Å². The minimum Gasteiger partial charge on any atom is -0.465 e. The predicted molar refractivity (Wildman–Crippen MR) is 107 cm³/mol. The van der Waals surface area contributed by atoms with Gasteiger partial charge in [-0.15, -0.1) is 0 Å². The summed E-state index contributed by atoms with van der Waals surface area (Å²) in [6.45, 7) is 0. The monoisotopic (exact) mass is 403 g/mol. The Bertz CT molecular complexity index is 977. The Kier molecular flexibility index (Phi) is 5.63. The van der Waals surface area contributed by atoms with Crippen molar-refractivity contribution in [2.45, 2.75) is 0 Å². The van der Waals surface area contributed by atoms with Crippen LogP contribution in [0.2, 0.25) is 10.0 Å². The standard InChI is InChI=1S/C18H15Cl2N5O2/c1-27-18(26)13-4-2-3-5-14(13)25-17-15(21)16(22-9-23-17)24-12-7-10(19)6-11(20)8-12/h2-9H,21H2,1H3,(H2,22,23,24,25). The molecule has 9 heteroatoms. The second kappa shape index (κ2) is 8.11. The van der Waals surface area contributed by atoms with Crippen molar-refractivity contribution in [3.05, 3.63) is 64.4 Å². The van der Waals surface area contributed by atoms with E-state index in [1.165, 1.54) is 13.4 Å². The van der Waals surface area contributed by atoms with Crippen LogP contribution in [-0.2, 0) is 4.74 Å². The van der Waals surface area contributed by atoms with Gasteiger partial charge in [-0.05, 0) is 30.3 Å². The first-order valence-corrected chi connectivity index (χ1v) is 8.51. The SMILES string of the molecule is COC(=O)c1ccccc1Nc1ncnc(Nc2cc(Cl)cc(Cl)c2)c1N. The Morgan fingerprint density at radius 3 is 2.33 bits per heavy atom. The highest BCUT2D eigenvalue weighted by atomic mass is 35.5. The molecule has 0 spiro atoms. The van der Waals surface area contributed by atoms with Gasteiger partial charge in [0.2, 0.25) is 0 Å². The number of nitrogens with two attached hydrogens (primary N) is 1. The number of anilines is 5. The van der Waals surface area contributed by atoms with E-state index in [1.807, 2.05) is 0 Å². The number of methoxy groups -OCH3 is 1. The molecule has 7 nitrogen and oxygen atoms in total. The summed E-state index contributed by atoms with van der Waals surface area (Å²) in [5.74, 6) is 0.219. The molecule has 0 saturated heterocycles. The number of nitrogen functional groups attached to an aromatic ring is 1. The normalized spacial score (nSPS) is 10.3. The topological polar surface area (TPSA) is 102 Å². The molecular formula is C18H15Cl2N5O2. The quantitative estimate of drug-likeness (QED) is 0.533. The van der Waals surface area contributed by atoms with Crippen LogP contribution in [0.4, 0.5) is 28.7 Å². The molecule has 0 aliphatic carbocycles. The molecule has 27 heavy (non-hydrogen) atoms. The zero-order valence-electron chi connectivity index (χ0n) is 14.2. The van der Waals surface area contributed by atoms with Crippen molar-refractivity contribution in [2.75, 3.05) is 23.5 Å². The van der Waals surface area contributed by atoms with Crippen molar-refractivity contribution in [2.24, 2.45) is 0 Å². The summed E-state index contributed by atoms with van der Waals surface area (Å²) in [5, 5.41) is 7.04. The van der Waals surface area contributed by atoms with E-state index >= 15 is 0 Å². The summed E-state index contributed by atoms with van der Waals surface area (Å²) in [6.07, 6.45) is 1.34. The Hall–Kier alpha value is -3.03. The molecule has 0 amide bonds. The van der Waals surface area contributed by atoms with E-state index in [9.17, 15) is 4.79 Å². The number of rotatable bonds is 5. The third-order valence-electron chi connectivity index (χ3n) is 3.59. The highest BCUT2D eigenvalue weighted by molar-refractivity contribution is 6.35. The Labute approximate surface area is 165 Å². The number of hydrogen-bond acceptors (Lipinski definition) is 7. The van der Waals surface area contributed by atoms with Gasteiger partial charge in [0, 0.05) is 15.7 Å². The molecule has 2 aromatic carbocycles. The maximum atomic E-state index is 11.9. The minimum absolute atomic E-state index is 0.258. The molecule has 0 unspecified atom stereocenters. The summed E-state index contributed by atoms with van der Waals surface area (Å²) in [7, 11) is 1.32. The van der Waals surface area contributed by atoms with E-state index < -0.39 is 5.97 Å². The molecule has 0 aliphatic rings. The number of halogens is 2. The molecule has 1 aromatic heterocycles. The van der Waals surface area contributed by atoms with Gasteiger partial charge in [-0.3, -0.25) is 0 Å². The summed E-state index contributed by atoms with van der Waals surface area (Å²) in [4.78, 5) is 20.2. The zero-order chi connectivity index (χ0) is 19.4. The van der Waals surface area contributed by atoms with E-state index in [0.717, 1.165) is 0 Å². The maximum absolute atomic E-state index is 11.9. The lowest BCUT2D eigenvalue weighted by Gasteiger charge is -2.14. The average molecular weight is 404 g/mol. The van der Waals surface area contributed by atoms with Crippen LogP contribution in [0.15, 0.2) is 48.8 Å². The van der Waals surface area contributed by atoms with Gasteiger partial charge in [0.25, 0.3) is 0 Å². The van der Waals surface area contributed by atoms with Gasteiger partial charge in [0.1, 0.15) is 12.0 Å². The third-order valence-corrected chi connectivity index (χ3v) is 4.03. The molecule has 3 aromatic rings. The Balaban J connectivity index is 1.91. The smallest absolute Gasteiger partial charge is 0.339 e. The number of nitrogens with zero attached hydrogens (tertiary/aromatic N) is 2. The van der Waals surface area contributed by atoms with E-state index in [0.29, 0.717) is 38.6 Å². The number of carbonyl (C=O) groups is 1. The maximum Gasteiger partial charge on any atom is 0.339 e. The number of nitrogens with one attached hydrogen (secondary N) is 2. The van der Waals surface area contributed by atoms with Gasteiger partial charge in [0.15, 0.2) is 11.6 Å². The lowest BCUT2D eigenvalue weighted by molar-refractivity contribution is 0.0602. The van der Waals surface area contributed by atoms with E-state index in [4.69, 9.17) is 33.7 Å². The highest BCUT2D eigenvalue weighted by Gasteiger charge is 2.14. The second-order valence-corrected chi connectivity index (χ2v) is 6.30. The number of benzene rings is 2. The lowest BCUT2D eigenvalue weighted by Crippen LogP contribution is -2.09. The van der Waals surface area contributed by atoms with Crippen LogP contribution in [0, 0.1) is 0 Å². The second-order valence-electron chi connectivity index (χ2n) is 5.43. The third kappa shape index (κ3) is 4.39. The molecule has 0 saturated carbocycles. The lowest BCUT2D eigenvalue weighted by atomic mass is 10.2. The Morgan fingerprint density at radius 1 is 1.04 bits per heavy atom. The summed E-state index contributed by atoms with van der Waals surface area (Å²) in [5.41, 5.74) is 7.92. The van der Waals surface area contributed by atoms with Crippen molar-refractivity contribution < 1.29 is 9.53 Å². The molecular weight excluding hydrogens is 389 g/mol. The number of carbonyl (C=O) groups excluding carboxylic acids is 1. The number of hydrogen-bond donors (Lipinski definition) is 3. The van der Waals surface area contributed by atoms with Crippen molar-refractivity contribution in [1.29, 1.82) is 0 Å². The van der Waals surface area contributed by atoms with Gasteiger partial charge in [-0.25, -0.2) is 14.8 Å². The number of ether oxygens (including phenoxy) is 1. The number of para-hydroxylation sites is 1. The molecule has 0 atom stereocenters. The predicted octanol–water partition coefficient (Wildman–Crippen LogP) is 4.64. The number of aromatic nitrogens is 2. The summed E-state index contributed by atoms with van der Waals surface area (Å²) >= 11 is 12.0. The molecule has 0 radical (unpaired) electrons. The number of esters is 1. The van der Waals surface area contributed by atoms with Gasteiger partial charge in [-0.1, -0.05) is 35.3 Å². The van der Waals surface area contributed by atoms with Crippen LogP contribution in [-0.4, -0.2) is 23.0 Å². The van der Waals surface area contributed by atoms with E-state index in [2.05, 4.69) is 20.6 Å². The fourth-order valence-electron chi connectivity index (χ4n) is 2.37. The molecule has 4 N–H and O–H groups in total. The van der Waals surface area contributed by atoms with Crippen molar-refractivity contribution >= 4 is 57.9 Å². The summed E-state index contributed by atoms with van der Waals surface area (Å²) < 4.78 is 4.79. The van der Waals surface area contributed by atoms with Crippen LogP contribution in [0.5, 0.6) is 0 Å².